The third-order valence-corrected chi connectivity index (χ3v) is 7.79. The third-order valence-electron chi connectivity index (χ3n) is 7.54. The van der Waals surface area contributed by atoms with Crippen LogP contribution < -0.4 is 4.74 Å². The number of benzene rings is 2. The van der Waals surface area contributed by atoms with E-state index >= 15 is 0 Å². The molecule has 5 heteroatoms. The fourth-order valence-corrected chi connectivity index (χ4v) is 5.93. The van der Waals surface area contributed by atoms with Gasteiger partial charge in [-0.3, -0.25) is 4.79 Å². The Kier molecular flexibility index (Phi) is 8.17. The molecular weight excluding hydrogens is 490 g/mol. The first-order valence-electron chi connectivity index (χ1n) is 13.5. The Hall–Kier alpha value is -2.40. The van der Waals surface area contributed by atoms with E-state index in [9.17, 15) is 4.79 Å². The van der Waals surface area contributed by atoms with Gasteiger partial charge in [-0.05, 0) is 68.7 Å². The second-order valence-corrected chi connectivity index (χ2v) is 15.0. The highest BCUT2D eigenvalue weighted by Gasteiger charge is 2.49. The maximum Gasteiger partial charge on any atom is 0.312 e. The van der Waals surface area contributed by atoms with Crippen molar-refractivity contribution < 1.29 is 14.3 Å². The summed E-state index contributed by atoms with van der Waals surface area (Å²) < 4.78 is 14.8. The average Bonchev–Trinajstić information content (AvgIpc) is 3.07. The Morgan fingerprint density at radius 2 is 1.45 bits per heavy atom. The smallest absolute Gasteiger partial charge is 0.312 e. The molecule has 3 aromatic rings. The maximum atomic E-state index is 13.7. The highest BCUT2D eigenvalue weighted by atomic mass is 32.1. The molecule has 1 aromatic heterocycles. The molecule has 0 saturated heterocycles. The van der Waals surface area contributed by atoms with Gasteiger partial charge in [0.15, 0.2) is 4.93 Å². The van der Waals surface area contributed by atoms with Crippen molar-refractivity contribution in [3.8, 4) is 17.0 Å². The van der Waals surface area contributed by atoms with E-state index in [1.807, 2.05) is 39.8 Å². The second kappa shape index (κ2) is 10.3. The Balaban J connectivity index is 1.79. The van der Waals surface area contributed by atoms with E-state index in [1.165, 1.54) is 5.56 Å². The predicted octanol–water partition coefficient (Wildman–Crippen LogP) is 9.07. The number of carbonyl (C=O) groups excluding carboxylic acids is 1. The zero-order valence-corrected chi connectivity index (χ0v) is 26.1. The van der Waals surface area contributed by atoms with Crippen LogP contribution in [-0.4, -0.2) is 21.1 Å². The summed E-state index contributed by atoms with van der Waals surface area (Å²) in [6.45, 7) is 20.7. The van der Waals surface area contributed by atoms with Gasteiger partial charge < -0.3 is 14.0 Å². The highest BCUT2D eigenvalue weighted by molar-refractivity contribution is 7.81. The van der Waals surface area contributed by atoms with E-state index in [-0.39, 0.29) is 16.8 Å². The average molecular weight is 538 g/mol. The van der Waals surface area contributed by atoms with Crippen LogP contribution >= 0.6 is 12.6 Å². The van der Waals surface area contributed by atoms with Crippen LogP contribution in [0.25, 0.3) is 22.2 Å². The van der Waals surface area contributed by atoms with E-state index in [1.54, 1.807) is 0 Å². The quantitative estimate of drug-likeness (QED) is 0.177. The molecule has 0 radical (unpaired) electrons. The molecule has 4 nitrogen and oxygen atoms in total. The number of nitrogens with zero attached hydrogens (tertiary/aromatic N) is 1. The van der Waals surface area contributed by atoms with Crippen molar-refractivity contribution in [1.29, 1.82) is 0 Å². The molecule has 0 aliphatic heterocycles. The van der Waals surface area contributed by atoms with Crippen molar-refractivity contribution in [2.75, 3.05) is 0 Å². The predicted molar refractivity (Wildman–Crippen MR) is 163 cm³/mol. The standard InChI is InChI=1S/C33H47NO3S/c1-29(2,3)21-32(9,30(4,5)6)28(35)37-31(7,8)22-33(10,38)36-25-18-17-24-19-26(34(11)27(24)20-25)23-15-13-12-14-16-23/h12-20,38H,21-22H2,1-11H3. The van der Waals surface area contributed by atoms with Crippen LogP contribution in [0.4, 0.5) is 0 Å². The molecule has 0 aliphatic carbocycles. The van der Waals surface area contributed by atoms with Crippen LogP contribution in [0.15, 0.2) is 54.6 Å². The summed E-state index contributed by atoms with van der Waals surface area (Å²) in [6.07, 6.45) is 1.15. The summed E-state index contributed by atoms with van der Waals surface area (Å²) in [5, 5.41) is 1.15. The van der Waals surface area contributed by atoms with Gasteiger partial charge in [-0.2, -0.15) is 0 Å². The molecule has 0 bridgehead atoms. The van der Waals surface area contributed by atoms with Gasteiger partial charge in [-0.25, -0.2) is 0 Å². The number of thiol groups is 1. The number of hydrogen-bond donors (Lipinski definition) is 1. The number of aryl methyl sites for hydroxylation is 1. The number of rotatable bonds is 8. The monoisotopic (exact) mass is 537 g/mol. The van der Waals surface area contributed by atoms with Gasteiger partial charge in [0.2, 0.25) is 0 Å². The van der Waals surface area contributed by atoms with Crippen molar-refractivity contribution in [1.82, 2.24) is 4.57 Å². The van der Waals surface area contributed by atoms with Crippen LogP contribution in [-0.2, 0) is 16.6 Å². The van der Waals surface area contributed by atoms with Crippen LogP contribution in [0.3, 0.4) is 0 Å². The second-order valence-electron chi connectivity index (χ2n) is 14.1. The Morgan fingerprint density at radius 1 is 0.842 bits per heavy atom. The lowest BCUT2D eigenvalue weighted by Gasteiger charge is -2.45. The molecule has 0 fully saturated rings. The molecule has 0 spiro atoms. The zero-order valence-electron chi connectivity index (χ0n) is 25.2. The third kappa shape index (κ3) is 6.97. The lowest BCUT2D eigenvalue weighted by atomic mass is 9.61. The Labute approximate surface area is 235 Å². The minimum absolute atomic E-state index is 0.0116. The van der Waals surface area contributed by atoms with Gasteiger partial charge in [-0.15, -0.1) is 12.6 Å². The van der Waals surface area contributed by atoms with E-state index < -0.39 is 15.9 Å². The lowest BCUT2D eigenvalue weighted by molar-refractivity contribution is -0.180. The first-order valence-corrected chi connectivity index (χ1v) is 14.0. The van der Waals surface area contributed by atoms with Gasteiger partial charge >= 0.3 is 5.97 Å². The number of esters is 1. The minimum Gasteiger partial charge on any atom is -0.477 e. The molecule has 0 saturated carbocycles. The van der Waals surface area contributed by atoms with Gasteiger partial charge in [0.1, 0.15) is 11.4 Å². The van der Waals surface area contributed by atoms with Crippen LogP contribution in [0.5, 0.6) is 5.75 Å². The van der Waals surface area contributed by atoms with Gasteiger partial charge in [0.05, 0.1) is 10.9 Å². The van der Waals surface area contributed by atoms with Gasteiger partial charge in [0.25, 0.3) is 0 Å². The summed E-state index contributed by atoms with van der Waals surface area (Å²) in [5.41, 5.74) is 1.73. The zero-order chi connectivity index (χ0) is 28.7. The molecular formula is C33H47NO3S. The number of fused-ring (bicyclic) bond motifs is 1. The lowest BCUT2D eigenvalue weighted by Crippen LogP contribution is -2.48. The molecule has 2 atom stereocenters. The number of ether oxygens (including phenoxy) is 2. The number of carbonyl (C=O) groups is 1. The molecule has 208 valence electrons. The highest BCUT2D eigenvalue weighted by Crippen LogP contribution is 2.48. The van der Waals surface area contributed by atoms with Crippen molar-refractivity contribution in [3.05, 3.63) is 54.6 Å². The fourth-order valence-electron chi connectivity index (χ4n) is 5.44. The first kappa shape index (κ1) is 30.1. The van der Waals surface area contributed by atoms with Crippen molar-refractivity contribution >= 4 is 29.5 Å². The molecule has 3 rings (SSSR count). The molecule has 2 unspecified atom stereocenters. The molecule has 38 heavy (non-hydrogen) atoms. The molecule has 0 N–H and O–H groups in total. The van der Waals surface area contributed by atoms with Crippen molar-refractivity contribution in [3.63, 3.8) is 0 Å². The van der Waals surface area contributed by atoms with Crippen molar-refractivity contribution in [2.24, 2.45) is 23.3 Å². The molecule has 1 heterocycles. The molecule has 2 aromatic carbocycles. The Bertz CT molecular complexity index is 1280. The van der Waals surface area contributed by atoms with Crippen LogP contribution in [0, 0.1) is 16.2 Å². The van der Waals surface area contributed by atoms with E-state index in [2.05, 4.69) is 95.6 Å². The normalized spacial score (nSPS) is 16.1. The molecule has 0 aliphatic rings. The summed E-state index contributed by atoms with van der Waals surface area (Å²) >= 11 is 4.87. The van der Waals surface area contributed by atoms with Gasteiger partial charge in [0, 0.05) is 30.6 Å². The van der Waals surface area contributed by atoms with E-state index in [0.717, 1.165) is 28.8 Å². The van der Waals surface area contributed by atoms with E-state index in [4.69, 9.17) is 22.1 Å². The number of hydrogen-bond acceptors (Lipinski definition) is 4. The Morgan fingerprint density at radius 3 is 2.00 bits per heavy atom. The summed E-state index contributed by atoms with van der Waals surface area (Å²) in [6, 6.07) is 18.7. The van der Waals surface area contributed by atoms with Gasteiger partial charge in [-0.1, -0.05) is 71.9 Å². The summed E-state index contributed by atoms with van der Waals surface area (Å²) in [4.78, 5) is 12.8. The molecule has 0 amide bonds. The maximum absolute atomic E-state index is 13.7. The van der Waals surface area contributed by atoms with E-state index in [0.29, 0.717) is 6.42 Å². The fraction of sp³-hybridized carbons (Fsp3) is 0.545. The minimum atomic E-state index is -0.854. The SMILES string of the molecule is Cn1c(-c2ccccc2)cc2ccc(OC(C)(S)CC(C)(C)OC(=O)C(C)(CC(C)(C)C)C(C)(C)C)cc21. The van der Waals surface area contributed by atoms with Crippen LogP contribution in [0.2, 0.25) is 0 Å². The summed E-state index contributed by atoms with van der Waals surface area (Å²) in [7, 11) is 2.07. The van der Waals surface area contributed by atoms with Crippen LogP contribution in [0.1, 0.15) is 82.1 Å². The largest absolute Gasteiger partial charge is 0.477 e. The van der Waals surface area contributed by atoms with Crippen molar-refractivity contribution in [2.45, 2.75) is 92.6 Å². The summed E-state index contributed by atoms with van der Waals surface area (Å²) in [5.74, 6) is 0.554. The topological polar surface area (TPSA) is 40.5 Å². The number of aromatic nitrogens is 1. The first-order chi connectivity index (χ1) is 17.2.